The standard InChI is InChI=1S/C15H20O5/c1-18-15(19-2)8-12(14(16)17)13(15)10-20-9-11-6-4-3-5-7-11/h3-7,12-13H,8-10H2,1-2H3,(H,16,17)/t12-,13+/m0/s1. The van der Waals surface area contributed by atoms with Crippen LogP contribution in [-0.2, 0) is 25.6 Å². The zero-order valence-electron chi connectivity index (χ0n) is 11.7. The van der Waals surface area contributed by atoms with Crippen LogP contribution in [0.5, 0.6) is 0 Å². The fourth-order valence-electron chi connectivity index (χ4n) is 2.68. The SMILES string of the molecule is COC1(OC)C[C@H](C(=O)O)[C@H]1COCc1ccccc1. The van der Waals surface area contributed by atoms with Crippen molar-refractivity contribution < 1.29 is 24.1 Å². The number of hydrogen-bond donors (Lipinski definition) is 1. The van der Waals surface area contributed by atoms with E-state index in [0.29, 0.717) is 19.6 Å². The molecule has 1 aliphatic carbocycles. The van der Waals surface area contributed by atoms with E-state index in [1.165, 1.54) is 14.2 Å². The van der Waals surface area contributed by atoms with Crippen LogP contribution in [-0.4, -0.2) is 37.7 Å². The number of aliphatic carboxylic acids is 1. The van der Waals surface area contributed by atoms with Gasteiger partial charge in [0.1, 0.15) is 0 Å². The highest BCUT2D eigenvalue weighted by Crippen LogP contribution is 2.47. The van der Waals surface area contributed by atoms with Crippen LogP contribution in [0.25, 0.3) is 0 Å². The van der Waals surface area contributed by atoms with Gasteiger partial charge in [0.15, 0.2) is 5.79 Å². The van der Waals surface area contributed by atoms with Gasteiger partial charge in [-0.1, -0.05) is 30.3 Å². The maximum atomic E-state index is 11.2. The Morgan fingerprint density at radius 3 is 2.50 bits per heavy atom. The van der Waals surface area contributed by atoms with E-state index in [9.17, 15) is 9.90 Å². The van der Waals surface area contributed by atoms with Gasteiger partial charge >= 0.3 is 5.97 Å². The molecule has 0 amide bonds. The summed E-state index contributed by atoms with van der Waals surface area (Å²) in [5.74, 6) is -2.44. The molecule has 20 heavy (non-hydrogen) atoms. The van der Waals surface area contributed by atoms with E-state index in [4.69, 9.17) is 14.2 Å². The highest BCUT2D eigenvalue weighted by atomic mass is 16.7. The Kier molecular flexibility index (Phi) is 4.75. The van der Waals surface area contributed by atoms with Gasteiger partial charge in [-0.05, 0) is 5.56 Å². The van der Waals surface area contributed by atoms with Crippen molar-refractivity contribution in [2.24, 2.45) is 11.8 Å². The van der Waals surface area contributed by atoms with Crippen LogP contribution in [0.3, 0.4) is 0 Å². The smallest absolute Gasteiger partial charge is 0.307 e. The zero-order valence-corrected chi connectivity index (χ0v) is 11.7. The molecule has 1 fully saturated rings. The van der Waals surface area contributed by atoms with E-state index >= 15 is 0 Å². The summed E-state index contributed by atoms with van der Waals surface area (Å²) in [7, 11) is 3.07. The number of methoxy groups -OCH3 is 2. The lowest BCUT2D eigenvalue weighted by Crippen LogP contribution is -2.60. The van der Waals surface area contributed by atoms with Crippen molar-refractivity contribution in [1.82, 2.24) is 0 Å². The van der Waals surface area contributed by atoms with E-state index in [-0.39, 0.29) is 5.92 Å². The minimum absolute atomic E-state index is 0.293. The maximum absolute atomic E-state index is 11.2. The van der Waals surface area contributed by atoms with Crippen LogP contribution in [0.15, 0.2) is 30.3 Å². The summed E-state index contributed by atoms with van der Waals surface area (Å²) in [6.45, 7) is 0.751. The summed E-state index contributed by atoms with van der Waals surface area (Å²) in [6.07, 6.45) is 0.356. The molecule has 0 aliphatic heterocycles. The van der Waals surface area contributed by atoms with Crippen molar-refractivity contribution in [1.29, 1.82) is 0 Å². The van der Waals surface area contributed by atoms with Crippen LogP contribution >= 0.6 is 0 Å². The summed E-state index contributed by atoms with van der Waals surface area (Å²) < 4.78 is 16.3. The molecule has 0 spiro atoms. The molecular formula is C15H20O5. The molecule has 0 aromatic heterocycles. The van der Waals surface area contributed by atoms with Crippen molar-refractivity contribution in [2.45, 2.75) is 18.8 Å². The molecule has 2 atom stereocenters. The zero-order chi connectivity index (χ0) is 14.6. The summed E-state index contributed by atoms with van der Waals surface area (Å²) >= 11 is 0. The molecule has 5 nitrogen and oxygen atoms in total. The molecule has 5 heteroatoms. The van der Waals surface area contributed by atoms with Crippen molar-refractivity contribution in [3.05, 3.63) is 35.9 Å². The Bertz CT molecular complexity index is 441. The van der Waals surface area contributed by atoms with Crippen LogP contribution in [0.1, 0.15) is 12.0 Å². The lowest BCUT2D eigenvalue weighted by Gasteiger charge is -2.50. The first-order chi connectivity index (χ1) is 9.63. The molecule has 1 aromatic carbocycles. The normalized spacial score (nSPS) is 24.1. The second-order valence-corrected chi connectivity index (χ2v) is 4.98. The molecule has 0 bridgehead atoms. The predicted molar refractivity (Wildman–Crippen MR) is 72.1 cm³/mol. The van der Waals surface area contributed by atoms with E-state index in [0.717, 1.165) is 5.56 Å². The fraction of sp³-hybridized carbons (Fsp3) is 0.533. The van der Waals surface area contributed by atoms with E-state index in [2.05, 4.69) is 0 Å². The van der Waals surface area contributed by atoms with Gasteiger partial charge in [-0.3, -0.25) is 4.79 Å². The molecule has 0 heterocycles. The number of ether oxygens (including phenoxy) is 3. The number of carboxylic acids is 1. The predicted octanol–water partition coefficient (Wildman–Crippen LogP) is 1.91. The van der Waals surface area contributed by atoms with Crippen LogP contribution in [0, 0.1) is 11.8 Å². The van der Waals surface area contributed by atoms with E-state index in [1.807, 2.05) is 30.3 Å². The number of hydrogen-bond acceptors (Lipinski definition) is 4. The lowest BCUT2D eigenvalue weighted by molar-refractivity contribution is -0.316. The van der Waals surface area contributed by atoms with Gasteiger partial charge in [-0.2, -0.15) is 0 Å². The Morgan fingerprint density at radius 2 is 1.95 bits per heavy atom. The highest BCUT2D eigenvalue weighted by molar-refractivity contribution is 5.72. The molecule has 2 rings (SSSR count). The molecule has 1 aromatic rings. The minimum atomic E-state index is -0.834. The number of carboxylic acid groups (broad SMARTS) is 1. The molecule has 110 valence electrons. The summed E-state index contributed by atoms with van der Waals surface area (Å²) in [6, 6.07) is 9.76. The van der Waals surface area contributed by atoms with Crippen LogP contribution < -0.4 is 0 Å². The van der Waals surface area contributed by atoms with Crippen molar-refractivity contribution in [2.75, 3.05) is 20.8 Å². The van der Waals surface area contributed by atoms with Crippen LogP contribution in [0.4, 0.5) is 0 Å². The molecule has 1 N–H and O–H groups in total. The average Bonchev–Trinajstić information content (AvgIpc) is 2.45. The lowest BCUT2D eigenvalue weighted by atomic mass is 9.68. The van der Waals surface area contributed by atoms with Crippen molar-refractivity contribution in [3.63, 3.8) is 0 Å². The molecule has 0 unspecified atom stereocenters. The van der Waals surface area contributed by atoms with Crippen LogP contribution in [0.2, 0.25) is 0 Å². The third-order valence-electron chi connectivity index (χ3n) is 3.97. The number of benzene rings is 1. The number of rotatable bonds is 7. The minimum Gasteiger partial charge on any atom is -0.481 e. The Morgan fingerprint density at radius 1 is 1.30 bits per heavy atom. The van der Waals surface area contributed by atoms with Gasteiger partial charge in [0.2, 0.25) is 0 Å². The first-order valence-electron chi connectivity index (χ1n) is 6.57. The monoisotopic (exact) mass is 280 g/mol. The number of carbonyl (C=O) groups is 1. The van der Waals surface area contributed by atoms with E-state index in [1.54, 1.807) is 0 Å². The third-order valence-corrected chi connectivity index (χ3v) is 3.97. The van der Waals surface area contributed by atoms with Gasteiger partial charge in [0.05, 0.1) is 19.1 Å². The fourth-order valence-corrected chi connectivity index (χ4v) is 2.68. The van der Waals surface area contributed by atoms with Crippen molar-refractivity contribution in [3.8, 4) is 0 Å². The quantitative estimate of drug-likeness (QED) is 0.773. The Hall–Kier alpha value is -1.43. The molecule has 1 aliphatic rings. The van der Waals surface area contributed by atoms with Gasteiger partial charge in [-0.25, -0.2) is 0 Å². The summed E-state index contributed by atoms with van der Waals surface area (Å²) in [4.78, 5) is 11.2. The second-order valence-electron chi connectivity index (χ2n) is 4.98. The first-order valence-corrected chi connectivity index (χ1v) is 6.57. The topological polar surface area (TPSA) is 65.0 Å². The Balaban J connectivity index is 1.92. The molecule has 1 saturated carbocycles. The average molecular weight is 280 g/mol. The van der Waals surface area contributed by atoms with Gasteiger partial charge in [0.25, 0.3) is 0 Å². The molecule has 0 saturated heterocycles. The second kappa shape index (κ2) is 6.35. The maximum Gasteiger partial charge on any atom is 0.307 e. The molecule has 0 radical (unpaired) electrons. The third kappa shape index (κ3) is 2.85. The summed E-state index contributed by atoms with van der Waals surface area (Å²) in [5, 5.41) is 9.18. The summed E-state index contributed by atoms with van der Waals surface area (Å²) in [5.41, 5.74) is 1.05. The van der Waals surface area contributed by atoms with Crippen molar-refractivity contribution >= 4 is 5.97 Å². The largest absolute Gasteiger partial charge is 0.481 e. The molecular weight excluding hydrogens is 260 g/mol. The highest BCUT2D eigenvalue weighted by Gasteiger charge is 2.58. The van der Waals surface area contributed by atoms with E-state index < -0.39 is 17.7 Å². The first kappa shape index (κ1) is 15.0. The van der Waals surface area contributed by atoms with Gasteiger partial charge in [0, 0.05) is 26.6 Å². The van der Waals surface area contributed by atoms with Gasteiger partial charge < -0.3 is 19.3 Å². The van der Waals surface area contributed by atoms with Gasteiger partial charge in [-0.15, -0.1) is 0 Å². The Labute approximate surface area is 118 Å².